The fraction of sp³-hybridized carbons (Fsp3) is 0.353. The molecule has 0 unspecified atom stereocenters. The van der Waals surface area contributed by atoms with Crippen LogP contribution < -0.4 is 16.0 Å². The van der Waals surface area contributed by atoms with Gasteiger partial charge >= 0.3 is 5.69 Å². The van der Waals surface area contributed by atoms with E-state index in [-0.39, 0.29) is 22.3 Å². The van der Waals surface area contributed by atoms with Crippen LogP contribution in [0.4, 0.5) is 0 Å². The minimum absolute atomic E-state index is 0.0369. The molecule has 0 radical (unpaired) electrons. The third kappa shape index (κ3) is 4.01. The van der Waals surface area contributed by atoms with Gasteiger partial charge in [0.1, 0.15) is 0 Å². The number of aryl methyl sites for hydroxylation is 1. The van der Waals surface area contributed by atoms with Crippen LogP contribution in [-0.4, -0.2) is 33.3 Å². The molecule has 0 atom stereocenters. The molecule has 0 amide bonds. The van der Waals surface area contributed by atoms with E-state index in [0.717, 1.165) is 4.57 Å². The van der Waals surface area contributed by atoms with Crippen LogP contribution in [0.25, 0.3) is 10.9 Å². The number of fused-ring (bicyclic) bond motifs is 1. The first-order valence-corrected chi connectivity index (χ1v) is 9.73. The number of nitrogens with one attached hydrogen (secondary N) is 2. The Labute approximate surface area is 155 Å². The number of rotatable bonds is 4. The Morgan fingerprint density at radius 2 is 1.93 bits per heavy atom. The second-order valence-electron chi connectivity index (χ2n) is 7.41. The van der Waals surface area contributed by atoms with Crippen LogP contribution in [0.5, 0.6) is 0 Å². The van der Waals surface area contributed by atoms with E-state index >= 15 is 0 Å². The smallest absolute Gasteiger partial charge is 0.307 e. The fourth-order valence-corrected chi connectivity index (χ4v) is 4.18. The van der Waals surface area contributed by atoms with E-state index < -0.39 is 26.8 Å². The topological polar surface area (TPSA) is 119 Å². The van der Waals surface area contributed by atoms with Crippen LogP contribution in [0.2, 0.25) is 0 Å². The first-order valence-electron chi connectivity index (χ1n) is 8.25. The Morgan fingerprint density at radius 1 is 1.22 bits per heavy atom. The lowest BCUT2D eigenvalue weighted by Gasteiger charge is -2.20. The largest absolute Gasteiger partial charge is 0.329 e. The van der Waals surface area contributed by atoms with E-state index in [0.29, 0.717) is 5.56 Å². The molecule has 10 heteroatoms. The molecule has 9 nitrogen and oxygen atoms in total. The molecule has 2 aromatic heterocycles. The number of aromatic amines is 1. The molecule has 0 saturated carbocycles. The van der Waals surface area contributed by atoms with Crippen molar-refractivity contribution in [1.82, 2.24) is 24.1 Å². The highest BCUT2D eigenvalue weighted by molar-refractivity contribution is 7.89. The quantitative estimate of drug-likeness (QED) is 0.673. The van der Waals surface area contributed by atoms with E-state index in [4.69, 9.17) is 0 Å². The van der Waals surface area contributed by atoms with Crippen molar-refractivity contribution in [2.45, 2.75) is 37.8 Å². The summed E-state index contributed by atoms with van der Waals surface area (Å²) in [6.45, 7) is 5.22. The Balaban J connectivity index is 2.13. The first-order chi connectivity index (χ1) is 12.5. The van der Waals surface area contributed by atoms with Gasteiger partial charge in [-0.3, -0.25) is 14.0 Å². The zero-order chi connectivity index (χ0) is 20.0. The van der Waals surface area contributed by atoms with Crippen molar-refractivity contribution in [3.63, 3.8) is 0 Å². The number of aromatic nitrogens is 4. The average molecular weight is 391 g/mol. The van der Waals surface area contributed by atoms with Gasteiger partial charge in [0.05, 0.1) is 28.5 Å². The van der Waals surface area contributed by atoms with Gasteiger partial charge in [-0.05, 0) is 39.0 Å². The number of nitrogens with zero attached hydrogens (tertiary/aromatic N) is 3. The maximum Gasteiger partial charge on any atom is 0.329 e. The first kappa shape index (κ1) is 19.1. The number of benzene rings is 1. The number of H-pyrrole nitrogens is 1. The molecule has 2 heterocycles. The normalized spacial score (nSPS) is 12.6. The van der Waals surface area contributed by atoms with Crippen molar-refractivity contribution >= 4 is 20.9 Å². The monoisotopic (exact) mass is 391 g/mol. The third-order valence-electron chi connectivity index (χ3n) is 3.80. The Hall–Kier alpha value is -2.72. The van der Waals surface area contributed by atoms with Gasteiger partial charge < -0.3 is 4.98 Å². The summed E-state index contributed by atoms with van der Waals surface area (Å²) < 4.78 is 30.2. The van der Waals surface area contributed by atoms with Crippen molar-refractivity contribution in [2.24, 2.45) is 7.05 Å². The van der Waals surface area contributed by atoms with Gasteiger partial charge in [-0.15, -0.1) is 0 Å². The molecule has 144 valence electrons. The summed E-state index contributed by atoms with van der Waals surface area (Å²) in [5, 5.41) is 4.14. The van der Waals surface area contributed by atoms with Gasteiger partial charge in [0.15, 0.2) is 0 Å². The van der Waals surface area contributed by atoms with E-state index in [1.165, 1.54) is 18.2 Å². The Morgan fingerprint density at radius 3 is 2.52 bits per heavy atom. The molecular weight excluding hydrogens is 370 g/mol. The molecule has 0 aliphatic rings. The van der Waals surface area contributed by atoms with Crippen molar-refractivity contribution in [1.29, 1.82) is 0 Å². The minimum Gasteiger partial charge on any atom is -0.307 e. The lowest BCUT2D eigenvalue weighted by molar-refractivity contribution is 0.491. The van der Waals surface area contributed by atoms with Gasteiger partial charge in [0.2, 0.25) is 10.0 Å². The number of sulfonamides is 1. The second kappa shape index (κ2) is 6.46. The summed E-state index contributed by atoms with van der Waals surface area (Å²) in [7, 11) is -2.08. The van der Waals surface area contributed by atoms with Crippen LogP contribution >= 0.6 is 0 Å². The molecule has 0 fully saturated rings. The van der Waals surface area contributed by atoms with Crippen molar-refractivity contribution in [3.05, 3.63) is 57.0 Å². The van der Waals surface area contributed by atoms with Crippen molar-refractivity contribution in [3.8, 4) is 0 Å². The highest BCUT2D eigenvalue weighted by atomic mass is 32.2. The van der Waals surface area contributed by atoms with Crippen LogP contribution in [0, 0.1) is 0 Å². The molecule has 0 saturated heterocycles. The summed E-state index contributed by atoms with van der Waals surface area (Å²) in [4.78, 5) is 27.7. The summed E-state index contributed by atoms with van der Waals surface area (Å²) in [6.07, 6.45) is 3.26. The van der Waals surface area contributed by atoms with Gasteiger partial charge in [0, 0.05) is 24.3 Å². The van der Waals surface area contributed by atoms with Crippen molar-refractivity contribution in [2.75, 3.05) is 0 Å². The van der Waals surface area contributed by atoms with Crippen molar-refractivity contribution < 1.29 is 8.42 Å². The highest BCUT2D eigenvalue weighted by Gasteiger charge is 2.23. The lowest BCUT2D eigenvalue weighted by Crippen LogP contribution is -2.40. The summed E-state index contributed by atoms with van der Waals surface area (Å²) in [5.74, 6) is 0. The molecule has 2 N–H and O–H groups in total. The maximum atomic E-state index is 12.8. The number of hydrogen-bond donors (Lipinski definition) is 2. The summed E-state index contributed by atoms with van der Waals surface area (Å²) >= 11 is 0. The van der Waals surface area contributed by atoms with Crippen LogP contribution in [0.15, 0.2) is 45.1 Å². The predicted molar refractivity (Wildman–Crippen MR) is 101 cm³/mol. The van der Waals surface area contributed by atoms with Crippen LogP contribution in [0.3, 0.4) is 0 Å². The third-order valence-corrected chi connectivity index (χ3v) is 5.56. The Kier molecular flexibility index (Phi) is 4.56. The maximum absolute atomic E-state index is 12.8. The zero-order valence-corrected chi connectivity index (χ0v) is 16.3. The van der Waals surface area contributed by atoms with Crippen LogP contribution in [-0.2, 0) is 23.6 Å². The molecule has 3 rings (SSSR count). The van der Waals surface area contributed by atoms with E-state index in [1.807, 2.05) is 0 Å². The molecular formula is C17H21N5O4S. The van der Waals surface area contributed by atoms with E-state index in [1.54, 1.807) is 44.9 Å². The zero-order valence-electron chi connectivity index (χ0n) is 15.5. The highest BCUT2D eigenvalue weighted by Crippen LogP contribution is 2.16. The van der Waals surface area contributed by atoms with E-state index in [9.17, 15) is 18.0 Å². The SMILES string of the molecule is Cn1cc(Cn2c(=O)[nH]c3ccc(S(=O)(=O)NC(C)(C)C)cc3c2=O)cn1. The Bertz CT molecular complexity index is 1230. The molecule has 0 aliphatic carbocycles. The van der Waals surface area contributed by atoms with Gasteiger partial charge in [-0.25, -0.2) is 17.9 Å². The molecule has 0 bridgehead atoms. The molecule has 27 heavy (non-hydrogen) atoms. The summed E-state index contributed by atoms with van der Waals surface area (Å²) in [6, 6.07) is 4.06. The molecule has 0 spiro atoms. The van der Waals surface area contributed by atoms with Gasteiger partial charge in [-0.2, -0.15) is 5.10 Å². The minimum atomic E-state index is -3.81. The lowest BCUT2D eigenvalue weighted by atomic mass is 10.1. The molecule has 3 aromatic rings. The second-order valence-corrected chi connectivity index (χ2v) is 9.09. The van der Waals surface area contributed by atoms with Gasteiger partial charge in [-0.1, -0.05) is 0 Å². The average Bonchev–Trinajstić information content (AvgIpc) is 2.94. The number of hydrogen-bond acceptors (Lipinski definition) is 5. The molecule has 0 aliphatic heterocycles. The summed E-state index contributed by atoms with van der Waals surface area (Å²) in [5.41, 5.74) is -0.839. The van der Waals surface area contributed by atoms with Crippen LogP contribution in [0.1, 0.15) is 26.3 Å². The predicted octanol–water partition coefficient (Wildman–Crippen LogP) is 0.548. The standard InChI is InChI=1S/C17H21N5O4S/c1-17(2,3)20-27(25,26)12-5-6-14-13(7-12)15(23)22(16(24)19-14)10-11-8-18-21(4)9-11/h5-9,20H,10H2,1-4H3,(H,19,24). The van der Waals surface area contributed by atoms with E-state index in [2.05, 4.69) is 14.8 Å². The fourth-order valence-electron chi connectivity index (χ4n) is 2.74. The molecule has 1 aromatic carbocycles. The van der Waals surface area contributed by atoms with Gasteiger partial charge in [0.25, 0.3) is 5.56 Å².